The number of carbonyl (C=O) groups excluding carboxylic acids is 2. The van der Waals surface area contributed by atoms with Gasteiger partial charge in [0.25, 0.3) is 0 Å². The van der Waals surface area contributed by atoms with E-state index in [0.29, 0.717) is 12.8 Å². The van der Waals surface area contributed by atoms with Gasteiger partial charge in [-0.25, -0.2) is 0 Å². The van der Waals surface area contributed by atoms with E-state index in [-0.39, 0.29) is 12.2 Å². The van der Waals surface area contributed by atoms with Crippen molar-refractivity contribution in [3.8, 4) is 0 Å². The van der Waals surface area contributed by atoms with Gasteiger partial charge in [-0.3, -0.25) is 9.59 Å². The summed E-state index contributed by atoms with van der Waals surface area (Å²) in [5, 5.41) is 3.99. The van der Waals surface area contributed by atoms with Gasteiger partial charge >= 0.3 is 11.9 Å². The van der Waals surface area contributed by atoms with Crippen molar-refractivity contribution in [3.05, 3.63) is 22.4 Å². The van der Waals surface area contributed by atoms with Crippen molar-refractivity contribution >= 4 is 23.3 Å². The highest BCUT2D eigenvalue weighted by molar-refractivity contribution is 7.07. The third kappa shape index (κ3) is 5.74. The van der Waals surface area contributed by atoms with Crippen LogP contribution in [0.25, 0.3) is 0 Å². The van der Waals surface area contributed by atoms with Crippen molar-refractivity contribution in [3.63, 3.8) is 0 Å². The van der Waals surface area contributed by atoms with Crippen molar-refractivity contribution in [1.29, 1.82) is 0 Å². The van der Waals surface area contributed by atoms with Gasteiger partial charge in [0.2, 0.25) is 0 Å². The SMILES string of the molecule is CC(C)OC(=O)C(CCc1ccsc1)C(=O)OC(C)C. The number of hydrogen-bond donors (Lipinski definition) is 0. The minimum Gasteiger partial charge on any atom is -0.462 e. The average molecular weight is 298 g/mol. The van der Waals surface area contributed by atoms with Crippen LogP contribution in [0.15, 0.2) is 16.8 Å². The molecule has 4 nitrogen and oxygen atoms in total. The summed E-state index contributed by atoms with van der Waals surface area (Å²) in [6.07, 6.45) is 0.596. The number of thiophene rings is 1. The normalized spacial score (nSPS) is 11.2. The van der Waals surface area contributed by atoms with E-state index in [1.54, 1.807) is 39.0 Å². The van der Waals surface area contributed by atoms with Crippen molar-refractivity contribution in [1.82, 2.24) is 0 Å². The Balaban J connectivity index is 2.67. The van der Waals surface area contributed by atoms with E-state index < -0.39 is 17.9 Å². The van der Waals surface area contributed by atoms with Crippen molar-refractivity contribution in [2.45, 2.75) is 52.7 Å². The van der Waals surface area contributed by atoms with Gasteiger partial charge in [-0.2, -0.15) is 11.3 Å². The first kappa shape index (κ1) is 16.7. The van der Waals surface area contributed by atoms with Gasteiger partial charge in [-0.05, 0) is 62.9 Å². The van der Waals surface area contributed by atoms with E-state index in [1.807, 2.05) is 16.8 Å². The number of aryl methyl sites for hydroxylation is 1. The molecule has 0 aliphatic carbocycles. The maximum Gasteiger partial charge on any atom is 0.320 e. The summed E-state index contributed by atoms with van der Waals surface area (Å²) in [5.74, 6) is -1.85. The van der Waals surface area contributed by atoms with Gasteiger partial charge in [-0.15, -0.1) is 0 Å². The Morgan fingerprint density at radius 1 is 1.10 bits per heavy atom. The molecule has 0 fully saturated rings. The van der Waals surface area contributed by atoms with Crippen LogP contribution in [-0.4, -0.2) is 24.1 Å². The molecule has 1 aromatic rings. The Morgan fingerprint density at radius 3 is 2.05 bits per heavy atom. The van der Waals surface area contributed by atoms with Crippen LogP contribution in [0.1, 0.15) is 39.7 Å². The molecular formula is C15H22O4S. The fourth-order valence-corrected chi connectivity index (χ4v) is 2.41. The average Bonchev–Trinajstić information content (AvgIpc) is 2.80. The molecule has 5 heteroatoms. The first-order chi connectivity index (χ1) is 9.40. The quantitative estimate of drug-likeness (QED) is 0.573. The molecule has 20 heavy (non-hydrogen) atoms. The van der Waals surface area contributed by atoms with Gasteiger partial charge in [0, 0.05) is 0 Å². The maximum atomic E-state index is 12.0. The summed E-state index contributed by atoms with van der Waals surface area (Å²) in [6, 6.07) is 1.99. The Labute approximate surface area is 124 Å². The monoisotopic (exact) mass is 298 g/mol. The largest absolute Gasteiger partial charge is 0.462 e. The standard InChI is InChI=1S/C15H22O4S/c1-10(2)18-14(16)13(15(17)19-11(3)4)6-5-12-7-8-20-9-12/h7-11,13H,5-6H2,1-4H3. The van der Waals surface area contributed by atoms with Gasteiger partial charge in [-0.1, -0.05) is 0 Å². The van der Waals surface area contributed by atoms with Crippen molar-refractivity contribution in [2.75, 3.05) is 0 Å². The molecule has 1 aromatic heterocycles. The van der Waals surface area contributed by atoms with Gasteiger partial charge in [0.05, 0.1) is 12.2 Å². The molecule has 0 saturated heterocycles. The third-order valence-corrected chi connectivity index (χ3v) is 3.31. The predicted molar refractivity (Wildman–Crippen MR) is 78.6 cm³/mol. The van der Waals surface area contributed by atoms with E-state index in [2.05, 4.69) is 0 Å². The van der Waals surface area contributed by atoms with E-state index in [1.165, 1.54) is 0 Å². The van der Waals surface area contributed by atoms with Crippen molar-refractivity contribution in [2.24, 2.45) is 5.92 Å². The Bertz CT molecular complexity index is 401. The third-order valence-electron chi connectivity index (χ3n) is 2.57. The number of carbonyl (C=O) groups is 2. The molecule has 0 saturated carbocycles. The van der Waals surface area contributed by atoms with Gasteiger partial charge in [0.1, 0.15) is 0 Å². The summed E-state index contributed by atoms with van der Waals surface area (Å²) in [6.45, 7) is 7.06. The van der Waals surface area contributed by atoms with Crippen LogP contribution < -0.4 is 0 Å². The first-order valence-corrected chi connectivity index (χ1v) is 7.76. The van der Waals surface area contributed by atoms with Crippen LogP contribution >= 0.6 is 11.3 Å². The smallest absolute Gasteiger partial charge is 0.320 e. The predicted octanol–water partition coefficient (Wildman–Crippen LogP) is 3.20. The summed E-state index contributed by atoms with van der Waals surface area (Å²) in [7, 11) is 0. The number of rotatable bonds is 7. The summed E-state index contributed by atoms with van der Waals surface area (Å²) < 4.78 is 10.3. The highest BCUT2D eigenvalue weighted by Crippen LogP contribution is 2.17. The van der Waals surface area contributed by atoms with Crippen LogP contribution in [0.2, 0.25) is 0 Å². The van der Waals surface area contributed by atoms with Gasteiger partial charge < -0.3 is 9.47 Å². The zero-order chi connectivity index (χ0) is 15.1. The van der Waals surface area contributed by atoms with E-state index in [9.17, 15) is 9.59 Å². The topological polar surface area (TPSA) is 52.6 Å². The second-order valence-electron chi connectivity index (χ2n) is 5.19. The second kappa shape index (κ2) is 8.04. The maximum absolute atomic E-state index is 12.0. The van der Waals surface area contributed by atoms with Crippen molar-refractivity contribution < 1.29 is 19.1 Å². The lowest BCUT2D eigenvalue weighted by molar-refractivity contribution is -0.166. The lowest BCUT2D eigenvalue weighted by atomic mass is 10.0. The minimum absolute atomic E-state index is 0.238. The minimum atomic E-state index is -0.848. The van der Waals surface area contributed by atoms with Gasteiger partial charge in [0.15, 0.2) is 5.92 Å². The Morgan fingerprint density at radius 2 is 1.65 bits per heavy atom. The van der Waals surface area contributed by atoms with E-state index in [4.69, 9.17) is 9.47 Å². The zero-order valence-corrected chi connectivity index (χ0v) is 13.2. The van der Waals surface area contributed by atoms with Crippen LogP contribution in [0.5, 0.6) is 0 Å². The molecular weight excluding hydrogens is 276 g/mol. The van der Waals surface area contributed by atoms with Crippen LogP contribution in [0.3, 0.4) is 0 Å². The molecule has 0 atom stereocenters. The van der Waals surface area contributed by atoms with Crippen LogP contribution in [0, 0.1) is 5.92 Å². The van der Waals surface area contributed by atoms with E-state index >= 15 is 0 Å². The fourth-order valence-electron chi connectivity index (χ4n) is 1.71. The molecule has 0 spiro atoms. The molecule has 0 N–H and O–H groups in total. The number of hydrogen-bond acceptors (Lipinski definition) is 5. The fraction of sp³-hybridized carbons (Fsp3) is 0.600. The highest BCUT2D eigenvalue weighted by Gasteiger charge is 2.30. The first-order valence-electron chi connectivity index (χ1n) is 6.82. The molecule has 1 rings (SSSR count). The summed E-state index contributed by atoms with van der Waals surface area (Å²) in [4.78, 5) is 24.0. The number of ether oxygens (including phenoxy) is 2. The molecule has 0 radical (unpaired) electrons. The molecule has 0 aliphatic heterocycles. The Kier molecular flexibility index (Phi) is 6.71. The van der Waals surface area contributed by atoms with E-state index in [0.717, 1.165) is 5.56 Å². The molecule has 0 unspecified atom stereocenters. The lowest BCUT2D eigenvalue weighted by Crippen LogP contribution is -2.31. The highest BCUT2D eigenvalue weighted by atomic mass is 32.1. The molecule has 0 amide bonds. The molecule has 1 heterocycles. The lowest BCUT2D eigenvalue weighted by Gasteiger charge is -2.18. The molecule has 0 aromatic carbocycles. The molecule has 0 aliphatic rings. The Hall–Kier alpha value is -1.36. The summed E-state index contributed by atoms with van der Waals surface area (Å²) >= 11 is 1.60. The molecule has 0 bridgehead atoms. The molecule has 112 valence electrons. The van der Waals surface area contributed by atoms with Crippen LogP contribution in [0.4, 0.5) is 0 Å². The van der Waals surface area contributed by atoms with Crippen LogP contribution in [-0.2, 0) is 25.5 Å². The summed E-state index contributed by atoms with van der Waals surface area (Å²) in [5.41, 5.74) is 1.12. The number of esters is 2. The zero-order valence-electron chi connectivity index (χ0n) is 12.4. The second-order valence-corrected chi connectivity index (χ2v) is 5.97.